The summed E-state index contributed by atoms with van der Waals surface area (Å²) in [6, 6.07) is 4.43. The summed E-state index contributed by atoms with van der Waals surface area (Å²) in [5.74, 6) is -2.33. The first-order valence-electron chi connectivity index (χ1n) is 12.8. The standard InChI is InChI=1S/C28H43NO9/c1-10-26(6,7)23(32)37-20-13-12-19(14-21(20)38-24(33)27(8,9)11-2)16-28(29,22(30)31)15-18(5)36-25(34)35-17(3)4/h12-14,17-18H,10-11,15-16,29H2,1-9H3,(H,30,31)/t18-,28?/m0/s1. The van der Waals surface area contributed by atoms with Crippen molar-refractivity contribution in [3.05, 3.63) is 23.8 Å². The molecule has 0 heterocycles. The largest absolute Gasteiger partial charge is 0.508 e. The molecule has 1 aromatic rings. The zero-order valence-corrected chi connectivity index (χ0v) is 24.0. The average Bonchev–Trinajstić information content (AvgIpc) is 2.79. The summed E-state index contributed by atoms with van der Waals surface area (Å²) >= 11 is 0. The molecule has 0 amide bonds. The van der Waals surface area contributed by atoms with Crippen LogP contribution in [0.4, 0.5) is 4.79 Å². The van der Waals surface area contributed by atoms with Gasteiger partial charge in [-0.05, 0) is 79.0 Å². The van der Waals surface area contributed by atoms with Crippen molar-refractivity contribution in [1.82, 2.24) is 0 Å². The third kappa shape index (κ3) is 9.31. The van der Waals surface area contributed by atoms with Crippen LogP contribution >= 0.6 is 0 Å². The van der Waals surface area contributed by atoms with E-state index in [1.54, 1.807) is 47.6 Å². The smallest absolute Gasteiger partial charge is 0.480 e. The van der Waals surface area contributed by atoms with Gasteiger partial charge in [0.25, 0.3) is 0 Å². The van der Waals surface area contributed by atoms with Gasteiger partial charge in [0.1, 0.15) is 11.6 Å². The SMILES string of the molecule is CCC(C)(C)C(=O)Oc1ccc(CC(N)(C[C@H](C)OC(=O)OC(C)C)C(=O)O)cc1OC(=O)C(C)(C)CC. The molecule has 0 saturated heterocycles. The summed E-state index contributed by atoms with van der Waals surface area (Å²) < 4.78 is 21.3. The van der Waals surface area contributed by atoms with Crippen molar-refractivity contribution in [2.45, 2.75) is 106 Å². The molecule has 0 aromatic heterocycles. The summed E-state index contributed by atoms with van der Waals surface area (Å²) in [5, 5.41) is 9.91. The number of carbonyl (C=O) groups is 4. The summed E-state index contributed by atoms with van der Waals surface area (Å²) in [6.07, 6.45) is -1.55. The molecule has 1 aromatic carbocycles. The van der Waals surface area contributed by atoms with E-state index in [1.807, 2.05) is 13.8 Å². The molecular weight excluding hydrogens is 494 g/mol. The van der Waals surface area contributed by atoms with Gasteiger partial charge in [-0.3, -0.25) is 14.4 Å². The lowest BCUT2D eigenvalue weighted by molar-refractivity contribution is -0.147. The molecule has 0 fully saturated rings. The highest BCUT2D eigenvalue weighted by Crippen LogP contribution is 2.35. The number of hydrogen-bond acceptors (Lipinski definition) is 9. The van der Waals surface area contributed by atoms with Crippen molar-refractivity contribution >= 4 is 24.1 Å². The monoisotopic (exact) mass is 537 g/mol. The van der Waals surface area contributed by atoms with Crippen LogP contribution in [-0.2, 0) is 30.3 Å². The average molecular weight is 538 g/mol. The Morgan fingerprint density at radius 2 is 1.37 bits per heavy atom. The number of carbonyl (C=O) groups excluding carboxylic acids is 3. The molecule has 2 atom stereocenters. The number of carboxylic acids is 1. The maximum Gasteiger partial charge on any atom is 0.508 e. The molecule has 0 aliphatic carbocycles. The Hall–Kier alpha value is -3.14. The molecular formula is C28H43NO9. The van der Waals surface area contributed by atoms with E-state index in [4.69, 9.17) is 24.7 Å². The second kappa shape index (κ2) is 13.1. The van der Waals surface area contributed by atoms with Crippen molar-refractivity contribution in [2.24, 2.45) is 16.6 Å². The first-order chi connectivity index (χ1) is 17.4. The number of aliphatic carboxylic acids is 1. The highest BCUT2D eigenvalue weighted by Gasteiger charge is 2.38. The van der Waals surface area contributed by atoms with Crippen molar-refractivity contribution in [1.29, 1.82) is 0 Å². The predicted molar refractivity (Wildman–Crippen MR) is 141 cm³/mol. The Morgan fingerprint density at radius 3 is 1.82 bits per heavy atom. The van der Waals surface area contributed by atoms with E-state index >= 15 is 0 Å². The Balaban J connectivity index is 3.33. The second-order valence-electron chi connectivity index (χ2n) is 11.2. The minimum atomic E-state index is -1.83. The molecule has 214 valence electrons. The van der Waals surface area contributed by atoms with Crippen molar-refractivity contribution in [3.63, 3.8) is 0 Å². The van der Waals surface area contributed by atoms with E-state index in [0.717, 1.165) is 0 Å². The first kappa shape index (κ1) is 32.9. The number of ether oxygens (including phenoxy) is 4. The second-order valence-corrected chi connectivity index (χ2v) is 11.2. The van der Waals surface area contributed by atoms with Crippen LogP contribution in [0.1, 0.15) is 87.1 Å². The van der Waals surface area contributed by atoms with E-state index < -0.39 is 52.6 Å². The first-order valence-corrected chi connectivity index (χ1v) is 12.8. The Bertz CT molecular complexity index is 1020. The van der Waals surface area contributed by atoms with Gasteiger partial charge in [-0.1, -0.05) is 19.9 Å². The van der Waals surface area contributed by atoms with Gasteiger partial charge in [-0.2, -0.15) is 0 Å². The molecule has 1 unspecified atom stereocenters. The molecule has 0 aliphatic rings. The van der Waals surface area contributed by atoms with Gasteiger partial charge in [0.05, 0.1) is 16.9 Å². The van der Waals surface area contributed by atoms with E-state index in [9.17, 15) is 24.3 Å². The van der Waals surface area contributed by atoms with Gasteiger partial charge >= 0.3 is 24.1 Å². The molecule has 3 N–H and O–H groups in total. The number of nitrogens with two attached hydrogens (primary N) is 1. The lowest BCUT2D eigenvalue weighted by atomic mass is 9.86. The Labute approximate surface area is 225 Å². The molecule has 0 radical (unpaired) electrons. The third-order valence-electron chi connectivity index (χ3n) is 6.51. The van der Waals surface area contributed by atoms with E-state index in [2.05, 4.69) is 0 Å². The predicted octanol–water partition coefficient (Wildman–Crippen LogP) is 5.03. The molecule has 10 nitrogen and oxygen atoms in total. The van der Waals surface area contributed by atoms with Crippen LogP contribution in [0.15, 0.2) is 18.2 Å². The van der Waals surface area contributed by atoms with Crippen LogP contribution in [0, 0.1) is 10.8 Å². The fourth-order valence-corrected chi connectivity index (χ4v) is 3.13. The molecule has 1 rings (SSSR count). The topological polar surface area (TPSA) is 151 Å². The fourth-order valence-electron chi connectivity index (χ4n) is 3.13. The number of hydrogen-bond donors (Lipinski definition) is 2. The molecule has 0 aliphatic heterocycles. The van der Waals surface area contributed by atoms with E-state index in [0.29, 0.717) is 18.4 Å². The highest BCUT2D eigenvalue weighted by atomic mass is 16.7. The van der Waals surface area contributed by atoms with E-state index in [1.165, 1.54) is 19.1 Å². The molecule has 38 heavy (non-hydrogen) atoms. The van der Waals surface area contributed by atoms with Crippen LogP contribution in [-0.4, -0.2) is 46.9 Å². The van der Waals surface area contributed by atoms with Gasteiger partial charge in [0, 0.05) is 12.8 Å². The highest BCUT2D eigenvalue weighted by molar-refractivity contribution is 5.82. The Morgan fingerprint density at radius 1 is 0.868 bits per heavy atom. The molecule has 10 heteroatoms. The third-order valence-corrected chi connectivity index (χ3v) is 6.51. The lowest BCUT2D eigenvalue weighted by Crippen LogP contribution is -2.52. The normalized spacial score (nSPS) is 14.3. The minimum Gasteiger partial charge on any atom is -0.480 e. The summed E-state index contributed by atoms with van der Waals surface area (Å²) in [6.45, 7) is 15.5. The van der Waals surface area contributed by atoms with Crippen LogP contribution in [0.25, 0.3) is 0 Å². The van der Waals surface area contributed by atoms with Crippen LogP contribution in [0.3, 0.4) is 0 Å². The van der Waals surface area contributed by atoms with Gasteiger partial charge in [-0.15, -0.1) is 0 Å². The van der Waals surface area contributed by atoms with Gasteiger partial charge < -0.3 is 29.8 Å². The minimum absolute atomic E-state index is 0.0215. The lowest BCUT2D eigenvalue weighted by Gasteiger charge is -2.28. The number of benzene rings is 1. The van der Waals surface area contributed by atoms with Crippen molar-refractivity contribution in [2.75, 3.05) is 0 Å². The van der Waals surface area contributed by atoms with E-state index in [-0.39, 0.29) is 24.3 Å². The maximum absolute atomic E-state index is 12.8. The molecule has 0 spiro atoms. The van der Waals surface area contributed by atoms with Gasteiger partial charge in [0.2, 0.25) is 0 Å². The quantitative estimate of drug-likeness (QED) is 0.259. The summed E-state index contributed by atoms with van der Waals surface area (Å²) in [7, 11) is 0. The summed E-state index contributed by atoms with van der Waals surface area (Å²) in [5.41, 5.74) is 3.27. The van der Waals surface area contributed by atoms with Crippen molar-refractivity contribution in [3.8, 4) is 11.5 Å². The number of esters is 2. The zero-order chi connectivity index (χ0) is 29.5. The van der Waals surface area contributed by atoms with Crippen molar-refractivity contribution < 1.29 is 43.2 Å². The molecule has 0 saturated carbocycles. The van der Waals surface area contributed by atoms with Gasteiger partial charge in [0.15, 0.2) is 11.5 Å². The van der Waals surface area contributed by atoms with Crippen LogP contribution in [0.5, 0.6) is 11.5 Å². The van der Waals surface area contributed by atoms with Crippen LogP contribution in [0.2, 0.25) is 0 Å². The summed E-state index contributed by atoms with van der Waals surface area (Å²) in [4.78, 5) is 49.6. The molecule has 0 bridgehead atoms. The fraction of sp³-hybridized carbons (Fsp3) is 0.643. The maximum atomic E-state index is 12.8. The number of carboxylic acid groups (broad SMARTS) is 1. The zero-order valence-electron chi connectivity index (χ0n) is 24.0. The Kier molecular flexibility index (Phi) is 11.3. The number of rotatable bonds is 13. The van der Waals surface area contributed by atoms with Crippen LogP contribution < -0.4 is 15.2 Å². The van der Waals surface area contributed by atoms with Gasteiger partial charge in [-0.25, -0.2) is 4.79 Å².